The van der Waals surface area contributed by atoms with Crippen molar-refractivity contribution in [1.82, 2.24) is 0 Å². The Kier molecular flexibility index (Phi) is 3.56. The molecule has 0 aliphatic heterocycles. The lowest BCUT2D eigenvalue weighted by Gasteiger charge is -2.09. The largest absolute Gasteiger partial charge is 0.459 e. The van der Waals surface area contributed by atoms with Crippen LogP contribution in [0.1, 0.15) is 25.6 Å². The SMILES string of the molecule is CC(C)SCC(N)c1cc2ccccc2o1. The molecule has 0 saturated heterocycles. The van der Waals surface area contributed by atoms with Crippen LogP contribution in [0.5, 0.6) is 0 Å². The molecule has 1 unspecified atom stereocenters. The van der Waals surface area contributed by atoms with Crippen LogP contribution >= 0.6 is 11.8 Å². The Morgan fingerprint density at radius 3 is 2.75 bits per heavy atom. The molecular formula is C13H17NOS. The fourth-order valence-electron chi connectivity index (χ4n) is 1.56. The minimum atomic E-state index is -0.0141. The second-order valence-corrected chi connectivity index (χ2v) is 5.78. The second-order valence-electron chi connectivity index (χ2n) is 4.18. The maximum Gasteiger partial charge on any atom is 0.134 e. The van der Waals surface area contributed by atoms with Gasteiger partial charge in [-0.15, -0.1) is 0 Å². The first-order valence-corrected chi connectivity index (χ1v) is 6.57. The molecule has 0 spiro atoms. The third-order valence-corrected chi connectivity index (χ3v) is 3.64. The summed E-state index contributed by atoms with van der Waals surface area (Å²) in [5.74, 6) is 1.78. The van der Waals surface area contributed by atoms with Gasteiger partial charge in [0.25, 0.3) is 0 Å². The minimum Gasteiger partial charge on any atom is -0.459 e. The zero-order chi connectivity index (χ0) is 11.5. The van der Waals surface area contributed by atoms with Gasteiger partial charge in [0, 0.05) is 11.1 Å². The van der Waals surface area contributed by atoms with Crippen LogP contribution in [0.3, 0.4) is 0 Å². The normalized spacial score (nSPS) is 13.5. The Morgan fingerprint density at radius 1 is 1.31 bits per heavy atom. The van der Waals surface area contributed by atoms with Crippen LogP contribution in [0.4, 0.5) is 0 Å². The molecule has 1 aromatic heterocycles. The van der Waals surface area contributed by atoms with Crippen LogP contribution in [0, 0.1) is 0 Å². The van der Waals surface area contributed by atoms with Gasteiger partial charge >= 0.3 is 0 Å². The molecule has 0 aliphatic rings. The molecule has 0 aliphatic carbocycles. The maximum absolute atomic E-state index is 6.09. The molecule has 0 fully saturated rings. The number of hydrogen-bond acceptors (Lipinski definition) is 3. The van der Waals surface area contributed by atoms with Crippen LogP contribution in [0.15, 0.2) is 34.7 Å². The lowest BCUT2D eigenvalue weighted by Crippen LogP contribution is -2.13. The molecule has 16 heavy (non-hydrogen) atoms. The number of thioether (sulfide) groups is 1. The summed E-state index contributed by atoms with van der Waals surface area (Å²) in [7, 11) is 0. The summed E-state index contributed by atoms with van der Waals surface area (Å²) < 4.78 is 5.72. The second kappa shape index (κ2) is 4.93. The van der Waals surface area contributed by atoms with Gasteiger partial charge < -0.3 is 10.2 Å². The first-order valence-electron chi connectivity index (χ1n) is 5.52. The third-order valence-electron chi connectivity index (χ3n) is 2.42. The van der Waals surface area contributed by atoms with Gasteiger partial charge in [-0.1, -0.05) is 32.0 Å². The molecule has 86 valence electrons. The van der Waals surface area contributed by atoms with E-state index in [1.165, 1.54) is 0 Å². The first kappa shape index (κ1) is 11.6. The smallest absolute Gasteiger partial charge is 0.134 e. The zero-order valence-corrected chi connectivity index (χ0v) is 10.5. The number of rotatable bonds is 4. The van der Waals surface area contributed by atoms with Gasteiger partial charge in [0.1, 0.15) is 11.3 Å². The molecule has 1 heterocycles. The summed E-state index contributed by atoms with van der Waals surface area (Å²) in [4.78, 5) is 0. The first-order chi connectivity index (χ1) is 7.66. The summed E-state index contributed by atoms with van der Waals surface area (Å²) in [6, 6.07) is 10.0. The van der Waals surface area contributed by atoms with E-state index in [0.717, 1.165) is 22.5 Å². The van der Waals surface area contributed by atoms with Gasteiger partial charge in [0.2, 0.25) is 0 Å². The van der Waals surface area contributed by atoms with Gasteiger partial charge in [-0.3, -0.25) is 0 Å². The van der Waals surface area contributed by atoms with Gasteiger partial charge in [-0.25, -0.2) is 0 Å². The highest BCUT2D eigenvalue weighted by Crippen LogP contribution is 2.25. The number of nitrogens with two attached hydrogens (primary N) is 1. The van der Waals surface area contributed by atoms with Crippen molar-refractivity contribution in [2.75, 3.05) is 5.75 Å². The standard InChI is InChI=1S/C13H17NOS/c1-9(2)16-8-11(14)13-7-10-5-3-4-6-12(10)15-13/h3-7,9,11H,8,14H2,1-2H3. The van der Waals surface area contributed by atoms with Crippen LogP contribution in [-0.2, 0) is 0 Å². The maximum atomic E-state index is 6.09. The van der Waals surface area contributed by atoms with E-state index in [9.17, 15) is 0 Å². The number of furan rings is 1. The van der Waals surface area contributed by atoms with E-state index in [0.29, 0.717) is 5.25 Å². The number of para-hydroxylation sites is 1. The number of benzene rings is 1. The molecule has 3 heteroatoms. The lowest BCUT2D eigenvalue weighted by molar-refractivity contribution is 0.516. The molecule has 1 aromatic carbocycles. The Balaban J connectivity index is 2.13. The molecule has 0 saturated carbocycles. The Bertz CT molecular complexity index is 431. The van der Waals surface area contributed by atoms with Crippen molar-refractivity contribution in [3.05, 3.63) is 36.1 Å². The average molecular weight is 235 g/mol. The van der Waals surface area contributed by atoms with Gasteiger partial charge in [-0.2, -0.15) is 11.8 Å². The molecule has 1 atom stereocenters. The fourth-order valence-corrected chi connectivity index (χ4v) is 2.32. The molecule has 0 bridgehead atoms. The van der Waals surface area contributed by atoms with E-state index in [1.54, 1.807) is 0 Å². The van der Waals surface area contributed by atoms with Gasteiger partial charge in [0.15, 0.2) is 0 Å². The van der Waals surface area contributed by atoms with Crippen LogP contribution < -0.4 is 5.73 Å². The zero-order valence-electron chi connectivity index (χ0n) is 9.64. The van der Waals surface area contributed by atoms with Gasteiger partial charge in [-0.05, 0) is 17.4 Å². The Labute approximate surface area is 100 Å². The van der Waals surface area contributed by atoms with Crippen LogP contribution in [0.2, 0.25) is 0 Å². The van der Waals surface area contributed by atoms with E-state index in [-0.39, 0.29) is 6.04 Å². The molecule has 0 radical (unpaired) electrons. The van der Waals surface area contributed by atoms with Crippen molar-refractivity contribution in [1.29, 1.82) is 0 Å². The monoisotopic (exact) mass is 235 g/mol. The number of fused-ring (bicyclic) bond motifs is 1. The predicted octanol–water partition coefficient (Wildman–Crippen LogP) is 3.57. The summed E-state index contributed by atoms with van der Waals surface area (Å²) in [5, 5.41) is 1.73. The van der Waals surface area contributed by atoms with Crippen molar-refractivity contribution < 1.29 is 4.42 Å². The van der Waals surface area contributed by atoms with Crippen molar-refractivity contribution in [2.24, 2.45) is 5.73 Å². The molecule has 2 nitrogen and oxygen atoms in total. The van der Waals surface area contributed by atoms with E-state index >= 15 is 0 Å². The third kappa shape index (κ3) is 2.60. The summed E-state index contributed by atoms with van der Waals surface area (Å²) >= 11 is 1.86. The highest BCUT2D eigenvalue weighted by atomic mass is 32.2. The van der Waals surface area contributed by atoms with E-state index < -0.39 is 0 Å². The highest BCUT2D eigenvalue weighted by molar-refractivity contribution is 7.99. The lowest BCUT2D eigenvalue weighted by atomic mass is 10.2. The van der Waals surface area contributed by atoms with Crippen molar-refractivity contribution in [2.45, 2.75) is 25.1 Å². The molecule has 2 N–H and O–H groups in total. The van der Waals surface area contributed by atoms with Crippen LogP contribution in [-0.4, -0.2) is 11.0 Å². The summed E-state index contributed by atoms with van der Waals surface area (Å²) in [6.45, 7) is 4.35. The highest BCUT2D eigenvalue weighted by Gasteiger charge is 2.12. The Hall–Kier alpha value is -0.930. The van der Waals surface area contributed by atoms with Crippen molar-refractivity contribution >= 4 is 22.7 Å². The minimum absolute atomic E-state index is 0.0141. The van der Waals surface area contributed by atoms with Gasteiger partial charge in [0.05, 0.1) is 6.04 Å². The molecular weight excluding hydrogens is 218 g/mol. The van der Waals surface area contributed by atoms with E-state index in [4.69, 9.17) is 10.2 Å². The van der Waals surface area contributed by atoms with E-state index in [1.807, 2.05) is 42.1 Å². The number of hydrogen-bond donors (Lipinski definition) is 1. The average Bonchev–Trinajstić information content (AvgIpc) is 2.69. The van der Waals surface area contributed by atoms with Crippen molar-refractivity contribution in [3.8, 4) is 0 Å². The van der Waals surface area contributed by atoms with E-state index in [2.05, 4.69) is 13.8 Å². The molecule has 0 amide bonds. The Morgan fingerprint density at radius 2 is 2.06 bits per heavy atom. The molecule has 2 rings (SSSR count). The predicted molar refractivity (Wildman–Crippen MR) is 70.7 cm³/mol. The fraction of sp³-hybridized carbons (Fsp3) is 0.385. The summed E-state index contributed by atoms with van der Waals surface area (Å²) in [5.41, 5.74) is 7.01. The van der Waals surface area contributed by atoms with Crippen LogP contribution in [0.25, 0.3) is 11.0 Å². The summed E-state index contributed by atoms with van der Waals surface area (Å²) in [6.07, 6.45) is 0. The molecule has 2 aromatic rings. The quantitative estimate of drug-likeness (QED) is 0.880. The van der Waals surface area contributed by atoms with Crippen molar-refractivity contribution in [3.63, 3.8) is 0 Å². The topological polar surface area (TPSA) is 39.2 Å².